The lowest BCUT2D eigenvalue weighted by molar-refractivity contribution is 0.101. The zero-order valence-corrected chi connectivity index (χ0v) is 16.1. The van der Waals surface area contributed by atoms with E-state index in [0.29, 0.717) is 17.3 Å². The van der Waals surface area contributed by atoms with Crippen LogP contribution in [0.15, 0.2) is 60.8 Å². The van der Waals surface area contributed by atoms with E-state index in [1.807, 2.05) is 30.3 Å². The number of benzene rings is 2. The van der Waals surface area contributed by atoms with Crippen molar-refractivity contribution < 1.29 is 4.79 Å². The van der Waals surface area contributed by atoms with E-state index >= 15 is 0 Å². The first-order chi connectivity index (χ1) is 12.8. The fourth-order valence-corrected chi connectivity index (χ4v) is 2.64. The van der Waals surface area contributed by atoms with E-state index in [2.05, 4.69) is 53.5 Å². The van der Waals surface area contributed by atoms with E-state index in [1.165, 1.54) is 5.56 Å². The number of nitrogens with one attached hydrogen (secondary N) is 2. The van der Waals surface area contributed by atoms with Crippen molar-refractivity contribution in [3.8, 4) is 0 Å². The molecule has 3 rings (SSSR count). The van der Waals surface area contributed by atoms with Crippen molar-refractivity contribution in [1.82, 2.24) is 9.97 Å². The fraction of sp³-hybridized carbons (Fsp3) is 0.227. The Kier molecular flexibility index (Phi) is 5.21. The Hall–Kier alpha value is -3.21. The predicted molar refractivity (Wildman–Crippen MR) is 110 cm³/mol. The number of carbonyl (C=O) groups excluding carboxylic acids is 1. The number of hydrogen-bond acceptors (Lipinski definition) is 5. The summed E-state index contributed by atoms with van der Waals surface area (Å²) in [6.45, 7) is 8.13. The smallest absolute Gasteiger partial charge is 0.229 e. The van der Waals surface area contributed by atoms with Crippen LogP contribution >= 0.6 is 0 Å². The van der Waals surface area contributed by atoms with Crippen molar-refractivity contribution in [2.75, 3.05) is 10.6 Å². The topological polar surface area (TPSA) is 66.9 Å². The maximum atomic E-state index is 11.5. The standard InChI is InChI=1S/C22H24N4O/c1-15(27)16-6-5-7-19(14-16)25-21-23-13-12-20(26-21)24-18-10-8-17(9-11-18)22(2,3)4/h5-14H,1-4H3,(H2,23,24,25,26). The van der Waals surface area contributed by atoms with Crippen LogP contribution in [0.3, 0.4) is 0 Å². The van der Waals surface area contributed by atoms with Crippen LogP contribution in [-0.2, 0) is 5.41 Å². The molecule has 0 saturated heterocycles. The number of rotatable bonds is 5. The highest BCUT2D eigenvalue weighted by Gasteiger charge is 2.13. The first-order valence-electron chi connectivity index (χ1n) is 8.90. The zero-order valence-electron chi connectivity index (χ0n) is 16.1. The summed E-state index contributed by atoms with van der Waals surface area (Å²) in [6.07, 6.45) is 1.69. The average molecular weight is 360 g/mol. The minimum absolute atomic E-state index is 0.0219. The summed E-state index contributed by atoms with van der Waals surface area (Å²) in [7, 11) is 0. The van der Waals surface area contributed by atoms with E-state index in [-0.39, 0.29) is 11.2 Å². The Morgan fingerprint density at radius 3 is 2.33 bits per heavy atom. The van der Waals surface area contributed by atoms with Gasteiger partial charge < -0.3 is 10.6 Å². The molecule has 0 radical (unpaired) electrons. The van der Waals surface area contributed by atoms with Gasteiger partial charge in [0.2, 0.25) is 5.95 Å². The summed E-state index contributed by atoms with van der Waals surface area (Å²) in [5, 5.41) is 6.43. The van der Waals surface area contributed by atoms with E-state index in [4.69, 9.17) is 0 Å². The molecule has 0 atom stereocenters. The molecule has 0 bridgehead atoms. The monoisotopic (exact) mass is 360 g/mol. The van der Waals surface area contributed by atoms with Crippen molar-refractivity contribution in [2.45, 2.75) is 33.1 Å². The maximum Gasteiger partial charge on any atom is 0.229 e. The third-order valence-electron chi connectivity index (χ3n) is 4.20. The van der Waals surface area contributed by atoms with Crippen molar-refractivity contribution in [2.24, 2.45) is 0 Å². The molecule has 1 heterocycles. The highest BCUT2D eigenvalue weighted by Crippen LogP contribution is 2.25. The minimum Gasteiger partial charge on any atom is -0.340 e. The highest BCUT2D eigenvalue weighted by molar-refractivity contribution is 5.95. The molecule has 27 heavy (non-hydrogen) atoms. The maximum absolute atomic E-state index is 11.5. The number of Topliss-reactive ketones (excluding diaryl/α,β-unsaturated/α-hetero) is 1. The summed E-state index contributed by atoms with van der Waals surface area (Å²) in [4.78, 5) is 20.3. The first-order valence-corrected chi connectivity index (χ1v) is 8.90. The summed E-state index contributed by atoms with van der Waals surface area (Å²) >= 11 is 0. The Labute approximate surface area is 159 Å². The second kappa shape index (κ2) is 7.58. The van der Waals surface area contributed by atoms with Crippen LogP contribution in [0.25, 0.3) is 0 Å². The van der Waals surface area contributed by atoms with Gasteiger partial charge in [0.25, 0.3) is 0 Å². The summed E-state index contributed by atoms with van der Waals surface area (Å²) in [5.74, 6) is 1.18. The molecule has 0 aliphatic rings. The van der Waals surface area contributed by atoms with Gasteiger partial charge in [-0.25, -0.2) is 4.98 Å². The van der Waals surface area contributed by atoms with Gasteiger partial charge in [-0.05, 0) is 48.2 Å². The van der Waals surface area contributed by atoms with Crippen molar-refractivity contribution >= 4 is 28.9 Å². The largest absolute Gasteiger partial charge is 0.340 e. The Bertz CT molecular complexity index is 943. The van der Waals surface area contributed by atoms with E-state index in [9.17, 15) is 4.79 Å². The number of carbonyl (C=O) groups is 1. The number of anilines is 4. The molecule has 2 aromatic carbocycles. The Morgan fingerprint density at radius 1 is 0.926 bits per heavy atom. The van der Waals surface area contributed by atoms with E-state index in [0.717, 1.165) is 11.4 Å². The minimum atomic E-state index is 0.0219. The predicted octanol–water partition coefficient (Wildman–Crippen LogP) is 5.46. The van der Waals surface area contributed by atoms with Crippen molar-refractivity contribution in [3.05, 3.63) is 71.9 Å². The average Bonchev–Trinajstić information content (AvgIpc) is 2.62. The second-order valence-electron chi connectivity index (χ2n) is 7.48. The molecule has 0 aliphatic carbocycles. The highest BCUT2D eigenvalue weighted by atomic mass is 16.1. The normalized spacial score (nSPS) is 11.1. The summed E-state index contributed by atoms with van der Waals surface area (Å²) in [6, 6.07) is 17.4. The molecular formula is C22H24N4O. The van der Waals surface area contributed by atoms with Crippen LogP contribution in [-0.4, -0.2) is 15.8 Å². The molecule has 0 amide bonds. The molecule has 0 aliphatic heterocycles. The zero-order chi connectivity index (χ0) is 19.4. The molecule has 0 spiro atoms. The number of ketones is 1. The molecule has 3 aromatic rings. The van der Waals surface area contributed by atoms with Gasteiger partial charge in [0, 0.05) is 23.1 Å². The number of nitrogens with zero attached hydrogens (tertiary/aromatic N) is 2. The van der Waals surface area contributed by atoms with Crippen LogP contribution in [0.2, 0.25) is 0 Å². The molecule has 0 unspecified atom stereocenters. The van der Waals surface area contributed by atoms with Crippen LogP contribution in [0, 0.1) is 0 Å². The third-order valence-corrected chi connectivity index (χ3v) is 4.20. The lowest BCUT2D eigenvalue weighted by Gasteiger charge is -2.19. The van der Waals surface area contributed by atoms with Gasteiger partial charge in [-0.15, -0.1) is 0 Å². The Morgan fingerprint density at radius 2 is 1.67 bits per heavy atom. The van der Waals surface area contributed by atoms with E-state index in [1.54, 1.807) is 25.3 Å². The van der Waals surface area contributed by atoms with Crippen LogP contribution in [0.5, 0.6) is 0 Å². The van der Waals surface area contributed by atoms with Gasteiger partial charge in [0.15, 0.2) is 5.78 Å². The summed E-state index contributed by atoms with van der Waals surface area (Å²) < 4.78 is 0. The van der Waals surface area contributed by atoms with Gasteiger partial charge >= 0.3 is 0 Å². The summed E-state index contributed by atoms with van der Waals surface area (Å²) in [5.41, 5.74) is 3.79. The van der Waals surface area contributed by atoms with Gasteiger partial charge in [-0.2, -0.15) is 4.98 Å². The fourth-order valence-electron chi connectivity index (χ4n) is 2.64. The van der Waals surface area contributed by atoms with Gasteiger partial charge in [-0.1, -0.05) is 45.0 Å². The van der Waals surface area contributed by atoms with Crippen molar-refractivity contribution in [1.29, 1.82) is 0 Å². The molecule has 5 nitrogen and oxygen atoms in total. The third kappa shape index (κ3) is 4.91. The van der Waals surface area contributed by atoms with Gasteiger partial charge in [0.1, 0.15) is 5.82 Å². The molecule has 2 N–H and O–H groups in total. The van der Waals surface area contributed by atoms with E-state index < -0.39 is 0 Å². The Balaban J connectivity index is 1.74. The van der Waals surface area contributed by atoms with Gasteiger partial charge in [0.05, 0.1) is 0 Å². The SMILES string of the molecule is CC(=O)c1cccc(Nc2nccc(Nc3ccc(C(C)(C)C)cc3)n2)c1. The van der Waals surface area contributed by atoms with Crippen LogP contribution in [0.1, 0.15) is 43.6 Å². The molecule has 138 valence electrons. The molecule has 0 fully saturated rings. The lowest BCUT2D eigenvalue weighted by Crippen LogP contribution is -2.10. The first kappa shape index (κ1) is 18.6. The molecule has 1 aromatic heterocycles. The van der Waals surface area contributed by atoms with Crippen LogP contribution in [0.4, 0.5) is 23.1 Å². The quantitative estimate of drug-likeness (QED) is 0.591. The number of hydrogen-bond donors (Lipinski definition) is 2. The van der Waals surface area contributed by atoms with Crippen LogP contribution < -0.4 is 10.6 Å². The molecular weight excluding hydrogens is 336 g/mol. The van der Waals surface area contributed by atoms with Gasteiger partial charge in [-0.3, -0.25) is 4.79 Å². The number of aromatic nitrogens is 2. The lowest BCUT2D eigenvalue weighted by atomic mass is 9.87. The van der Waals surface area contributed by atoms with Crippen molar-refractivity contribution in [3.63, 3.8) is 0 Å². The molecule has 5 heteroatoms. The second-order valence-corrected chi connectivity index (χ2v) is 7.48. The molecule has 0 saturated carbocycles.